The van der Waals surface area contributed by atoms with Crippen LogP contribution in [0.2, 0.25) is 0 Å². The Kier molecular flexibility index (Phi) is 5.88. The number of hydrogen-bond donors (Lipinski definition) is 2. The lowest BCUT2D eigenvalue weighted by Gasteiger charge is -2.06. The summed E-state index contributed by atoms with van der Waals surface area (Å²) in [6, 6.07) is 19.9. The van der Waals surface area contributed by atoms with Crippen LogP contribution < -0.4 is 5.32 Å². The standard InChI is InChI=1S/C19H16IN3O3S/c1-13-2-5-18(12-19(13)27(24,25)26)23-22-17-10-8-16(9-11-17)21-15-6-3-14(20)4-7-15/h2-12,21H,1H3,(H,24,25,26). The van der Waals surface area contributed by atoms with Gasteiger partial charge in [0, 0.05) is 14.9 Å². The Morgan fingerprint density at radius 2 is 1.37 bits per heavy atom. The van der Waals surface area contributed by atoms with Crippen LogP contribution in [0.5, 0.6) is 0 Å². The molecule has 3 aromatic carbocycles. The highest BCUT2D eigenvalue weighted by Gasteiger charge is 2.13. The topological polar surface area (TPSA) is 91.1 Å². The average Bonchev–Trinajstić information content (AvgIpc) is 2.63. The molecular formula is C19H16IN3O3S. The van der Waals surface area contributed by atoms with E-state index in [0.717, 1.165) is 11.4 Å². The quantitative estimate of drug-likeness (QED) is 0.259. The van der Waals surface area contributed by atoms with E-state index in [2.05, 4.69) is 38.1 Å². The van der Waals surface area contributed by atoms with E-state index in [9.17, 15) is 13.0 Å². The first-order chi connectivity index (χ1) is 12.8. The zero-order valence-electron chi connectivity index (χ0n) is 14.3. The number of halogens is 1. The van der Waals surface area contributed by atoms with Gasteiger partial charge in [-0.2, -0.15) is 18.6 Å². The molecular weight excluding hydrogens is 477 g/mol. The summed E-state index contributed by atoms with van der Waals surface area (Å²) in [5.74, 6) is 0. The van der Waals surface area contributed by atoms with Crippen LogP contribution in [-0.2, 0) is 10.1 Å². The first kappa shape index (κ1) is 19.5. The highest BCUT2D eigenvalue weighted by Crippen LogP contribution is 2.25. The van der Waals surface area contributed by atoms with Crippen molar-refractivity contribution in [3.8, 4) is 0 Å². The molecule has 6 nitrogen and oxygen atoms in total. The van der Waals surface area contributed by atoms with Crippen LogP contribution in [0.1, 0.15) is 5.56 Å². The fourth-order valence-electron chi connectivity index (χ4n) is 2.36. The third-order valence-corrected chi connectivity index (χ3v) is 5.45. The Bertz CT molecular complexity index is 1080. The molecule has 0 heterocycles. The zero-order valence-corrected chi connectivity index (χ0v) is 17.3. The summed E-state index contributed by atoms with van der Waals surface area (Å²) in [6.45, 7) is 1.60. The Hall–Kier alpha value is -2.30. The van der Waals surface area contributed by atoms with E-state index in [4.69, 9.17) is 0 Å². The second-order valence-corrected chi connectivity index (χ2v) is 8.44. The summed E-state index contributed by atoms with van der Waals surface area (Å²) < 4.78 is 33.1. The molecule has 0 aliphatic heterocycles. The lowest BCUT2D eigenvalue weighted by atomic mass is 10.2. The second-order valence-electron chi connectivity index (χ2n) is 5.80. The van der Waals surface area contributed by atoms with Crippen LogP contribution >= 0.6 is 22.6 Å². The Balaban J connectivity index is 1.74. The van der Waals surface area contributed by atoms with E-state index in [-0.39, 0.29) is 4.90 Å². The van der Waals surface area contributed by atoms with Crippen molar-refractivity contribution in [2.45, 2.75) is 11.8 Å². The molecule has 0 aromatic heterocycles. The normalized spacial score (nSPS) is 11.7. The van der Waals surface area contributed by atoms with Crippen molar-refractivity contribution in [1.82, 2.24) is 0 Å². The molecule has 0 aliphatic carbocycles. The largest absolute Gasteiger partial charge is 0.356 e. The summed E-state index contributed by atoms with van der Waals surface area (Å²) in [6.07, 6.45) is 0. The van der Waals surface area contributed by atoms with Crippen molar-refractivity contribution < 1.29 is 13.0 Å². The number of nitrogens with one attached hydrogen (secondary N) is 1. The first-order valence-corrected chi connectivity index (χ1v) is 10.5. The molecule has 2 N–H and O–H groups in total. The fourth-order valence-corrected chi connectivity index (χ4v) is 3.46. The van der Waals surface area contributed by atoms with E-state index in [1.54, 1.807) is 31.2 Å². The number of aryl methyl sites for hydroxylation is 1. The second kappa shape index (κ2) is 8.15. The molecule has 138 valence electrons. The Labute approximate surface area is 171 Å². The van der Waals surface area contributed by atoms with Crippen molar-refractivity contribution in [2.24, 2.45) is 10.2 Å². The average molecular weight is 493 g/mol. The SMILES string of the molecule is Cc1ccc(N=Nc2ccc(Nc3ccc(I)cc3)cc2)cc1S(=O)(=O)O. The monoisotopic (exact) mass is 493 g/mol. The maximum absolute atomic E-state index is 11.4. The van der Waals surface area contributed by atoms with Crippen LogP contribution in [0.3, 0.4) is 0 Å². The van der Waals surface area contributed by atoms with E-state index in [1.165, 1.54) is 9.64 Å². The minimum absolute atomic E-state index is 0.170. The van der Waals surface area contributed by atoms with Crippen molar-refractivity contribution in [3.05, 3.63) is 75.9 Å². The van der Waals surface area contributed by atoms with Gasteiger partial charge in [0.05, 0.1) is 16.3 Å². The molecule has 0 atom stereocenters. The summed E-state index contributed by atoms with van der Waals surface area (Å²) in [4.78, 5) is -0.170. The van der Waals surface area contributed by atoms with E-state index < -0.39 is 10.1 Å². The zero-order chi connectivity index (χ0) is 19.4. The lowest BCUT2D eigenvalue weighted by molar-refractivity contribution is 0.482. The molecule has 0 bridgehead atoms. The predicted octanol–water partition coefficient (Wildman–Crippen LogP) is 6.01. The predicted molar refractivity (Wildman–Crippen MR) is 114 cm³/mol. The van der Waals surface area contributed by atoms with Gasteiger partial charge in [-0.15, -0.1) is 0 Å². The fraction of sp³-hybridized carbons (Fsp3) is 0.0526. The van der Waals surface area contributed by atoms with E-state index in [1.807, 2.05) is 36.4 Å². The molecule has 0 fully saturated rings. The van der Waals surface area contributed by atoms with Crippen LogP contribution in [-0.4, -0.2) is 13.0 Å². The van der Waals surface area contributed by atoms with Crippen molar-refractivity contribution in [1.29, 1.82) is 0 Å². The molecule has 0 saturated heterocycles. The minimum Gasteiger partial charge on any atom is -0.356 e. The van der Waals surface area contributed by atoms with Gasteiger partial charge in [-0.3, -0.25) is 4.55 Å². The Morgan fingerprint density at radius 3 is 1.96 bits per heavy atom. The summed E-state index contributed by atoms with van der Waals surface area (Å²) >= 11 is 2.26. The minimum atomic E-state index is -4.29. The maximum Gasteiger partial charge on any atom is 0.294 e. The lowest BCUT2D eigenvalue weighted by Crippen LogP contribution is -2.00. The van der Waals surface area contributed by atoms with E-state index >= 15 is 0 Å². The van der Waals surface area contributed by atoms with Crippen molar-refractivity contribution >= 4 is 55.5 Å². The number of nitrogens with zero attached hydrogens (tertiary/aromatic N) is 2. The highest BCUT2D eigenvalue weighted by molar-refractivity contribution is 14.1. The van der Waals surface area contributed by atoms with Crippen LogP contribution in [0.4, 0.5) is 22.7 Å². The first-order valence-electron chi connectivity index (χ1n) is 7.94. The number of hydrogen-bond acceptors (Lipinski definition) is 5. The maximum atomic E-state index is 11.4. The van der Waals surface area contributed by atoms with Gasteiger partial charge in [0.25, 0.3) is 10.1 Å². The van der Waals surface area contributed by atoms with Gasteiger partial charge in [0.1, 0.15) is 0 Å². The van der Waals surface area contributed by atoms with Gasteiger partial charge in [0.2, 0.25) is 0 Å². The molecule has 0 radical (unpaired) electrons. The number of benzene rings is 3. The smallest absolute Gasteiger partial charge is 0.294 e. The molecule has 0 saturated carbocycles. The third-order valence-electron chi connectivity index (χ3n) is 3.73. The highest BCUT2D eigenvalue weighted by atomic mass is 127. The molecule has 0 amide bonds. The van der Waals surface area contributed by atoms with Crippen molar-refractivity contribution in [2.75, 3.05) is 5.32 Å². The summed E-state index contributed by atoms with van der Waals surface area (Å²) in [7, 11) is -4.29. The molecule has 27 heavy (non-hydrogen) atoms. The molecule has 0 unspecified atom stereocenters. The van der Waals surface area contributed by atoms with E-state index in [0.29, 0.717) is 16.9 Å². The third kappa shape index (κ3) is 5.34. The number of anilines is 2. The summed E-state index contributed by atoms with van der Waals surface area (Å²) in [5.41, 5.74) is 3.32. The van der Waals surface area contributed by atoms with Gasteiger partial charge in [0.15, 0.2) is 0 Å². The number of azo groups is 1. The molecule has 0 aliphatic rings. The summed E-state index contributed by atoms with van der Waals surface area (Å²) in [5, 5.41) is 11.4. The Morgan fingerprint density at radius 1 is 0.852 bits per heavy atom. The van der Waals surface area contributed by atoms with Crippen molar-refractivity contribution in [3.63, 3.8) is 0 Å². The van der Waals surface area contributed by atoms with Crippen LogP contribution in [0, 0.1) is 10.5 Å². The van der Waals surface area contributed by atoms with Crippen LogP contribution in [0.15, 0.2) is 81.9 Å². The molecule has 3 rings (SSSR count). The van der Waals surface area contributed by atoms with Gasteiger partial charge >= 0.3 is 0 Å². The molecule has 3 aromatic rings. The van der Waals surface area contributed by atoms with Gasteiger partial charge in [-0.05, 0) is 95.7 Å². The molecule has 0 spiro atoms. The van der Waals surface area contributed by atoms with Gasteiger partial charge < -0.3 is 5.32 Å². The molecule has 8 heteroatoms. The van der Waals surface area contributed by atoms with Crippen LogP contribution in [0.25, 0.3) is 0 Å². The van der Waals surface area contributed by atoms with Gasteiger partial charge in [-0.25, -0.2) is 0 Å². The van der Waals surface area contributed by atoms with Gasteiger partial charge in [-0.1, -0.05) is 6.07 Å². The number of rotatable bonds is 5.